The van der Waals surface area contributed by atoms with Gasteiger partial charge in [-0.1, -0.05) is 60.7 Å². The molecule has 0 bridgehead atoms. The van der Waals surface area contributed by atoms with Gasteiger partial charge in [-0.15, -0.1) is 0 Å². The average molecular weight is 337 g/mol. The van der Waals surface area contributed by atoms with Gasteiger partial charge in [-0.05, 0) is 38.0 Å². The van der Waals surface area contributed by atoms with E-state index in [-0.39, 0.29) is 5.92 Å². The summed E-state index contributed by atoms with van der Waals surface area (Å²) in [4.78, 5) is 0. The van der Waals surface area contributed by atoms with E-state index < -0.39 is 5.91 Å². The maximum absolute atomic E-state index is 13.9. The molecular formula is C22H27NO2. The van der Waals surface area contributed by atoms with E-state index in [2.05, 4.69) is 20.8 Å². The predicted octanol–water partition coefficient (Wildman–Crippen LogP) is 3.73. The van der Waals surface area contributed by atoms with E-state index in [4.69, 9.17) is 4.74 Å². The molecule has 0 aromatic heterocycles. The van der Waals surface area contributed by atoms with Crippen LogP contribution < -0.4 is 5.11 Å². The number of hydrogen-bond acceptors (Lipinski definition) is 2. The molecule has 0 saturated carbocycles. The second kappa shape index (κ2) is 7.03. The number of benzene rings is 2. The van der Waals surface area contributed by atoms with E-state index >= 15 is 0 Å². The number of hydrogen-bond donors (Lipinski definition) is 0. The number of ether oxygens (including phenoxy) is 1. The largest absolute Gasteiger partial charge is 0.768 e. The molecule has 1 aliphatic heterocycles. The lowest BCUT2D eigenvalue weighted by atomic mass is 9.84. The standard InChI is InChI=1S/C22H27NO2/c1-4-23(5-2,6-3)22(24)21(19-15-11-8-12-16-19)20(25-22)17-18-13-9-7-10-14-18/h7-17,21H,4-6H2,1-3H3/b20-17-. The third kappa shape index (κ3) is 2.88. The number of quaternary nitrogens is 1. The van der Waals surface area contributed by atoms with E-state index in [1.54, 1.807) is 0 Å². The number of nitrogens with zero attached hydrogens (tertiary/aromatic N) is 1. The fourth-order valence-electron chi connectivity index (χ4n) is 3.96. The Morgan fingerprint density at radius 1 is 0.920 bits per heavy atom. The molecule has 0 spiro atoms. The highest BCUT2D eigenvalue weighted by Crippen LogP contribution is 2.51. The molecule has 1 heterocycles. The van der Waals surface area contributed by atoms with Crippen molar-refractivity contribution in [3.8, 4) is 0 Å². The first-order chi connectivity index (χ1) is 12.1. The van der Waals surface area contributed by atoms with E-state index in [1.807, 2.05) is 66.7 Å². The minimum absolute atomic E-state index is 0.270. The fraction of sp³-hybridized carbons (Fsp3) is 0.364. The molecule has 1 aliphatic rings. The van der Waals surface area contributed by atoms with E-state index in [1.165, 1.54) is 0 Å². The van der Waals surface area contributed by atoms with Crippen molar-refractivity contribution in [3.63, 3.8) is 0 Å². The maximum Gasteiger partial charge on any atom is 0.202 e. The van der Waals surface area contributed by atoms with E-state index in [0.29, 0.717) is 4.48 Å². The first kappa shape index (κ1) is 17.7. The van der Waals surface area contributed by atoms with Crippen LogP contribution in [0.25, 0.3) is 6.08 Å². The van der Waals surface area contributed by atoms with Crippen LogP contribution >= 0.6 is 0 Å². The Morgan fingerprint density at radius 3 is 1.96 bits per heavy atom. The van der Waals surface area contributed by atoms with Crippen LogP contribution in [0.1, 0.15) is 37.8 Å². The van der Waals surface area contributed by atoms with Crippen LogP contribution in [0, 0.1) is 0 Å². The van der Waals surface area contributed by atoms with Crippen molar-refractivity contribution in [2.24, 2.45) is 0 Å². The third-order valence-corrected chi connectivity index (χ3v) is 5.63. The highest BCUT2D eigenvalue weighted by molar-refractivity contribution is 5.55. The molecule has 1 saturated heterocycles. The normalized spacial score (nSPS) is 24.6. The van der Waals surface area contributed by atoms with Gasteiger partial charge in [-0.2, -0.15) is 0 Å². The maximum atomic E-state index is 13.9. The average Bonchev–Trinajstić information content (AvgIpc) is 2.64. The van der Waals surface area contributed by atoms with Crippen molar-refractivity contribution in [2.45, 2.75) is 32.6 Å². The summed E-state index contributed by atoms with van der Waals surface area (Å²) in [6, 6.07) is 20.1. The van der Waals surface area contributed by atoms with Crippen molar-refractivity contribution >= 4 is 6.08 Å². The lowest BCUT2D eigenvalue weighted by Crippen LogP contribution is -2.79. The first-order valence-corrected chi connectivity index (χ1v) is 9.17. The zero-order chi connectivity index (χ0) is 17.9. The summed E-state index contributed by atoms with van der Waals surface area (Å²) in [5, 5.41) is 13.9. The van der Waals surface area contributed by atoms with Gasteiger partial charge in [0.25, 0.3) is 0 Å². The van der Waals surface area contributed by atoms with Crippen molar-refractivity contribution in [1.29, 1.82) is 0 Å². The molecule has 3 heteroatoms. The Hall–Kier alpha value is -2.10. The summed E-state index contributed by atoms with van der Waals surface area (Å²) >= 11 is 0. The van der Waals surface area contributed by atoms with Gasteiger partial charge in [0.1, 0.15) is 11.7 Å². The van der Waals surface area contributed by atoms with Gasteiger partial charge < -0.3 is 9.84 Å². The summed E-state index contributed by atoms with van der Waals surface area (Å²) in [7, 11) is 0. The molecule has 25 heavy (non-hydrogen) atoms. The summed E-state index contributed by atoms with van der Waals surface area (Å²) < 4.78 is 6.43. The molecule has 0 N–H and O–H groups in total. The molecule has 2 aromatic carbocycles. The Balaban J connectivity index is 2.06. The van der Waals surface area contributed by atoms with Gasteiger partial charge in [0.2, 0.25) is 5.91 Å². The van der Waals surface area contributed by atoms with Crippen molar-refractivity contribution < 1.29 is 14.3 Å². The summed E-state index contributed by atoms with van der Waals surface area (Å²) in [5.41, 5.74) is 2.09. The summed E-state index contributed by atoms with van der Waals surface area (Å²) in [6.45, 7) is 8.53. The zero-order valence-electron chi connectivity index (χ0n) is 15.3. The molecule has 3 rings (SSSR count). The van der Waals surface area contributed by atoms with Crippen LogP contribution in [0.5, 0.6) is 0 Å². The smallest absolute Gasteiger partial charge is 0.202 e. The Labute approximate surface area is 150 Å². The highest BCUT2D eigenvalue weighted by atomic mass is 16.7. The quantitative estimate of drug-likeness (QED) is 0.594. The molecule has 2 atom stereocenters. The zero-order valence-corrected chi connectivity index (χ0v) is 15.3. The molecule has 0 amide bonds. The van der Waals surface area contributed by atoms with Crippen LogP contribution in [-0.4, -0.2) is 30.0 Å². The van der Waals surface area contributed by atoms with Crippen LogP contribution in [-0.2, 0) is 4.74 Å². The van der Waals surface area contributed by atoms with Crippen molar-refractivity contribution in [2.75, 3.05) is 19.6 Å². The van der Waals surface area contributed by atoms with Gasteiger partial charge in [-0.25, -0.2) is 0 Å². The lowest BCUT2D eigenvalue weighted by Gasteiger charge is -2.65. The minimum Gasteiger partial charge on any atom is -0.768 e. The molecule has 1 fully saturated rings. The first-order valence-electron chi connectivity index (χ1n) is 9.17. The number of rotatable bonds is 6. The third-order valence-electron chi connectivity index (χ3n) is 5.63. The van der Waals surface area contributed by atoms with Gasteiger partial charge >= 0.3 is 0 Å². The number of likely N-dealkylation sites (N-methyl/N-ethyl adjacent to an activating group) is 1. The van der Waals surface area contributed by atoms with Crippen molar-refractivity contribution in [3.05, 3.63) is 77.5 Å². The monoisotopic (exact) mass is 337 g/mol. The molecule has 2 aromatic rings. The fourth-order valence-corrected chi connectivity index (χ4v) is 3.96. The minimum atomic E-state index is -1.47. The van der Waals surface area contributed by atoms with Crippen LogP contribution in [0.15, 0.2) is 66.4 Å². The van der Waals surface area contributed by atoms with Crippen LogP contribution in [0.2, 0.25) is 0 Å². The molecule has 2 unspecified atom stereocenters. The summed E-state index contributed by atoms with van der Waals surface area (Å²) in [5.74, 6) is -0.973. The van der Waals surface area contributed by atoms with Gasteiger partial charge in [0, 0.05) is 0 Å². The highest BCUT2D eigenvalue weighted by Gasteiger charge is 2.57. The predicted molar refractivity (Wildman–Crippen MR) is 99.3 cm³/mol. The van der Waals surface area contributed by atoms with Gasteiger partial charge in [0.05, 0.1) is 19.6 Å². The summed E-state index contributed by atoms with van der Waals surface area (Å²) in [6.07, 6.45) is 2.00. The molecule has 0 aliphatic carbocycles. The Kier molecular flexibility index (Phi) is 4.98. The van der Waals surface area contributed by atoms with Crippen LogP contribution in [0.4, 0.5) is 0 Å². The molecular weight excluding hydrogens is 310 g/mol. The Morgan fingerprint density at radius 2 is 1.44 bits per heavy atom. The second-order valence-corrected chi connectivity index (χ2v) is 6.63. The SMILES string of the molecule is CC[N+](CC)(CC)C1([O-])O/C(=C\c2ccccc2)C1c1ccccc1. The van der Waals surface area contributed by atoms with Gasteiger partial charge in [-0.3, -0.25) is 4.48 Å². The second-order valence-electron chi connectivity index (χ2n) is 6.63. The lowest BCUT2D eigenvalue weighted by molar-refractivity contribution is -1.08. The molecule has 132 valence electrons. The molecule has 3 nitrogen and oxygen atoms in total. The van der Waals surface area contributed by atoms with Crippen LogP contribution in [0.3, 0.4) is 0 Å². The van der Waals surface area contributed by atoms with Crippen molar-refractivity contribution in [1.82, 2.24) is 0 Å². The topological polar surface area (TPSA) is 32.3 Å². The Bertz CT molecular complexity index is 714. The van der Waals surface area contributed by atoms with E-state index in [9.17, 15) is 5.11 Å². The van der Waals surface area contributed by atoms with Gasteiger partial charge in [0.15, 0.2) is 0 Å². The molecule has 0 radical (unpaired) electrons. The van der Waals surface area contributed by atoms with E-state index in [0.717, 1.165) is 36.5 Å².